The maximum Gasteiger partial charge on any atom is 0.240 e. The predicted octanol–water partition coefficient (Wildman–Crippen LogP) is 7.66. The summed E-state index contributed by atoms with van der Waals surface area (Å²) in [5.41, 5.74) is 8.35. The highest BCUT2D eigenvalue weighted by molar-refractivity contribution is 5.88. The van der Waals surface area contributed by atoms with Gasteiger partial charge in [0.15, 0.2) is 0 Å². The molecule has 0 aromatic carbocycles. The van der Waals surface area contributed by atoms with Crippen molar-refractivity contribution in [2.24, 2.45) is 11.8 Å². The summed E-state index contributed by atoms with van der Waals surface area (Å²) in [6.45, 7) is 4.62. The van der Waals surface area contributed by atoms with E-state index in [9.17, 15) is 4.79 Å². The van der Waals surface area contributed by atoms with E-state index in [2.05, 4.69) is 86.2 Å². The Labute approximate surface area is 404 Å². The number of methoxy groups -OCH3 is 2. The van der Waals surface area contributed by atoms with Crippen molar-refractivity contribution in [3.05, 3.63) is 73.6 Å². The summed E-state index contributed by atoms with van der Waals surface area (Å²) in [6.07, 6.45) is 29.0. The van der Waals surface area contributed by atoms with Crippen molar-refractivity contribution in [2.75, 3.05) is 59.6 Å². The van der Waals surface area contributed by atoms with Gasteiger partial charge in [0.05, 0.1) is 50.4 Å². The Morgan fingerprint density at radius 2 is 1.09 bits per heavy atom. The van der Waals surface area contributed by atoms with Gasteiger partial charge in [-0.05, 0) is 130 Å². The van der Waals surface area contributed by atoms with Crippen LogP contribution >= 0.6 is 0 Å². The Morgan fingerprint density at radius 1 is 0.681 bits per heavy atom. The highest BCUT2D eigenvalue weighted by Gasteiger charge is 2.23. The molecular weight excluding hydrogens is 873 g/mol. The minimum Gasteiger partial charge on any atom is -0.479 e. The van der Waals surface area contributed by atoms with E-state index < -0.39 is 0 Å². The van der Waals surface area contributed by atoms with Crippen molar-refractivity contribution in [3.63, 3.8) is 0 Å². The van der Waals surface area contributed by atoms with Crippen LogP contribution < -0.4 is 41.8 Å². The standard InChI is InChI=1S/C22H27N7O2.C20H25N7O.C6H2.C2H4O.CH4/c1-14(30)27-18-12-25-22(26-13-18)24-11-15-3-6-17(7-4-15)28-19-8-5-16-9-10-23-21(31-2)20(16)29-19;1-28-19-18-14(8-9-22-19)4-7-17(27-18)26-16-5-2-13(3-6-16)10-23-20-24-11-15(21)12-25-20;1-3-5-6-4-2;1-2-3;/h5,8-10,12-13,15,17H,3-4,6-7,11H2,1-2H3,(H,27,30)(H,28,29)(H,24,25,26);4,7-9,11-13,16H,2-3,5-6,10,21H2,1H3,(H,26,27)(H,23,24,25);1-2H;2H,1H3;1H4. The maximum atomic E-state index is 11.1. The zero-order chi connectivity index (χ0) is 48.5. The predicted molar refractivity (Wildman–Crippen MR) is 275 cm³/mol. The van der Waals surface area contributed by atoms with Crippen LogP contribution in [0.5, 0.6) is 11.8 Å². The van der Waals surface area contributed by atoms with Crippen molar-refractivity contribution in [1.29, 1.82) is 0 Å². The Hall–Kier alpha value is -8.30. The maximum absolute atomic E-state index is 11.1. The Morgan fingerprint density at radius 3 is 1.46 bits per heavy atom. The number of terminal acetylenes is 2. The van der Waals surface area contributed by atoms with Crippen LogP contribution in [0.25, 0.3) is 21.8 Å². The largest absolute Gasteiger partial charge is 0.479 e. The van der Waals surface area contributed by atoms with Gasteiger partial charge in [0, 0.05) is 55.3 Å². The van der Waals surface area contributed by atoms with Crippen LogP contribution in [0.3, 0.4) is 0 Å². The molecule has 2 saturated carbocycles. The van der Waals surface area contributed by atoms with Crippen LogP contribution in [-0.4, -0.2) is 91.5 Å². The molecule has 0 saturated heterocycles. The summed E-state index contributed by atoms with van der Waals surface area (Å²) < 4.78 is 10.7. The Balaban J connectivity index is 0.000000254. The normalized spacial score (nSPS) is 16.6. The molecule has 0 atom stereocenters. The fourth-order valence-corrected chi connectivity index (χ4v) is 7.60. The number of nitrogens with two attached hydrogens (primary N) is 1. The molecule has 1 amide bonds. The number of rotatable bonds is 13. The number of fused-ring (bicyclic) bond motifs is 2. The quantitative estimate of drug-likeness (QED) is 0.0481. The molecule has 7 N–H and O–H groups in total. The van der Waals surface area contributed by atoms with Crippen LogP contribution in [0, 0.1) is 48.4 Å². The minimum atomic E-state index is -0.135. The lowest BCUT2D eigenvalue weighted by molar-refractivity contribution is -0.114. The number of nitrogen functional groups attached to an aromatic ring is 1. The third kappa shape index (κ3) is 17.5. The molecule has 6 aromatic heterocycles. The molecule has 69 heavy (non-hydrogen) atoms. The van der Waals surface area contributed by atoms with Gasteiger partial charge in [-0.3, -0.25) is 4.79 Å². The van der Waals surface area contributed by atoms with E-state index in [1.54, 1.807) is 51.4 Å². The van der Waals surface area contributed by atoms with Gasteiger partial charge in [-0.15, -0.1) is 12.8 Å². The fraction of sp³-hybridized carbons (Fsp3) is 0.373. The molecule has 0 bridgehead atoms. The van der Waals surface area contributed by atoms with Crippen molar-refractivity contribution < 1.29 is 19.1 Å². The number of carbonyl (C=O) groups excluding carboxylic acids is 2. The Bertz CT molecular complexity index is 2660. The average molecular weight is 935 g/mol. The van der Waals surface area contributed by atoms with E-state index >= 15 is 0 Å². The molecule has 2 aliphatic carbocycles. The van der Waals surface area contributed by atoms with Crippen molar-refractivity contribution in [3.8, 4) is 48.3 Å². The molecule has 2 fully saturated rings. The number of hydrogen-bond donors (Lipinski definition) is 6. The molecule has 2 aliphatic rings. The first-order chi connectivity index (χ1) is 33.1. The second-order valence-electron chi connectivity index (χ2n) is 15.8. The SMILES string of the molecule is C.C#CC#CC#C.CC=O.COc1nccc2ccc(NC3CCC(CNc4ncc(N)cn4)CC3)nc12.COc1nccc2ccc(NC3CCC(CNc4ncc(NC(C)=O)cn4)CC3)nc12. The molecule has 18 nitrogen and oxygen atoms in total. The first kappa shape index (κ1) is 53.3. The van der Waals surface area contributed by atoms with Crippen LogP contribution in [0.4, 0.5) is 34.9 Å². The fourth-order valence-electron chi connectivity index (χ4n) is 7.60. The number of amides is 1. The van der Waals surface area contributed by atoms with Gasteiger partial charge in [-0.2, -0.15) is 0 Å². The molecule has 0 radical (unpaired) electrons. The number of anilines is 6. The van der Waals surface area contributed by atoms with Crippen LogP contribution in [-0.2, 0) is 9.59 Å². The molecule has 18 heteroatoms. The number of pyridine rings is 4. The van der Waals surface area contributed by atoms with Gasteiger partial charge in [0.25, 0.3) is 0 Å². The van der Waals surface area contributed by atoms with Gasteiger partial charge in [0.2, 0.25) is 29.6 Å². The van der Waals surface area contributed by atoms with E-state index in [1.807, 2.05) is 30.3 Å². The third-order valence-corrected chi connectivity index (χ3v) is 10.9. The number of ether oxygens (including phenoxy) is 2. The molecule has 0 unspecified atom stereocenters. The van der Waals surface area contributed by atoms with Crippen LogP contribution in [0.15, 0.2) is 73.6 Å². The molecule has 0 aliphatic heterocycles. The minimum absolute atomic E-state index is 0. The highest BCUT2D eigenvalue weighted by Crippen LogP contribution is 2.30. The smallest absolute Gasteiger partial charge is 0.240 e. The van der Waals surface area contributed by atoms with Crippen LogP contribution in [0.2, 0.25) is 0 Å². The number of nitrogens with one attached hydrogen (secondary N) is 5. The lowest BCUT2D eigenvalue weighted by Gasteiger charge is -2.29. The molecule has 8 rings (SSSR count). The van der Waals surface area contributed by atoms with Gasteiger partial charge in [-0.25, -0.2) is 39.9 Å². The summed E-state index contributed by atoms with van der Waals surface area (Å²) in [7, 11) is 3.23. The average Bonchev–Trinajstić information content (AvgIpc) is 3.36. The summed E-state index contributed by atoms with van der Waals surface area (Å²) in [4.78, 5) is 54.6. The zero-order valence-electron chi connectivity index (χ0n) is 38.8. The number of nitrogens with zero attached hydrogens (tertiary/aromatic N) is 8. The van der Waals surface area contributed by atoms with Gasteiger partial charge >= 0.3 is 0 Å². The summed E-state index contributed by atoms with van der Waals surface area (Å²) in [5.74, 6) is 13.7. The second-order valence-corrected chi connectivity index (χ2v) is 15.8. The lowest BCUT2D eigenvalue weighted by Crippen LogP contribution is -2.29. The first-order valence-electron chi connectivity index (χ1n) is 22.2. The topological polar surface area (TPSA) is 242 Å². The third-order valence-electron chi connectivity index (χ3n) is 10.9. The molecule has 6 heterocycles. The number of aromatic nitrogens is 8. The van der Waals surface area contributed by atoms with E-state index in [4.69, 9.17) is 42.8 Å². The van der Waals surface area contributed by atoms with Gasteiger partial charge in [-0.1, -0.05) is 7.43 Å². The second kappa shape index (κ2) is 28.7. The van der Waals surface area contributed by atoms with Crippen molar-refractivity contribution >= 4 is 68.9 Å². The van der Waals surface area contributed by atoms with E-state index in [0.717, 1.165) is 104 Å². The molecular formula is C51H62N14O4. The van der Waals surface area contributed by atoms with Gasteiger partial charge < -0.3 is 46.6 Å². The number of hydrogen-bond acceptors (Lipinski definition) is 17. The highest BCUT2D eigenvalue weighted by atomic mass is 16.5. The first-order valence-corrected chi connectivity index (χ1v) is 22.2. The number of carbonyl (C=O) groups is 2. The summed E-state index contributed by atoms with van der Waals surface area (Å²) in [6, 6.07) is 12.8. The van der Waals surface area contributed by atoms with Crippen molar-refractivity contribution in [2.45, 2.75) is 84.7 Å². The van der Waals surface area contributed by atoms with Gasteiger partial charge in [0.1, 0.15) is 29.0 Å². The van der Waals surface area contributed by atoms with E-state index in [1.165, 1.54) is 13.8 Å². The summed E-state index contributed by atoms with van der Waals surface area (Å²) in [5, 5.41) is 18.5. The van der Waals surface area contributed by atoms with E-state index in [-0.39, 0.29) is 13.3 Å². The van der Waals surface area contributed by atoms with E-state index in [0.29, 0.717) is 59.0 Å². The molecule has 360 valence electrons. The van der Waals surface area contributed by atoms with Crippen molar-refractivity contribution in [1.82, 2.24) is 39.9 Å². The van der Waals surface area contributed by atoms with Crippen LogP contribution in [0.1, 0.15) is 72.6 Å². The Kier molecular flexibility index (Phi) is 22.2. The summed E-state index contributed by atoms with van der Waals surface area (Å²) >= 11 is 0. The number of aldehydes is 1. The zero-order valence-corrected chi connectivity index (χ0v) is 38.8. The lowest BCUT2D eigenvalue weighted by atomic mass is 9.86. The monoisotopic (exact) mass is 935 g/mol. The molecule has 0 spiro atoms. The molecule has 6 aromatic rings.